The average Bonchev–Trinajstić information content (AvgIpc) is 3.66. The summed E-state index contributed by atoms with van der Waals surface area (Å²) in [6.07, 6.45) is 0. The SMILES string of the molecule is c1ccc2c(c1)ccc1c3cc(N(c4ccc5oc6ccccc6c5c4)c4ccc5sc6ccccc6c5c4)ccc3ccc21. The fourth-order valence-electron chi connectivity index (χ4n) is 7.10. The normalized spacial score (nSPS) is 12.0. The zero-order chi connectivity index (χ0) is 29.5. The average molecular weight is 592 g/mol. The molecule has 0 fully saturated rings. The van der Waals surface area contributed by atoms with Gasteiger partial charge in [0, 0.05) is 48.0 Å². The first-order chi connectivity index (χ1) is 22.3. The van der Waals surface area contributed by atoms with Crippen LogP contribution in [0, 0.1) is 0 Å². The van der Waals surface area contributed by atoms with E-state index in [1.165, 1.54) is 52.5 Å². The predicted octanol–water partition coefficient (Wildman–Crippen LogP) is 12.9. The van der Waals surface area contributed by atoms with Crippen LogP contribution in [0.25, 0.3) is 74.4 Å². The maximum Gasteiger partial charge on any atom is 0.135 e. The lowest BCUT2D eigenvalue weighted by Crippen LogP contribution is -2.09. The molecule has 10 rings (SSSR count). The summed E-state index contributed by atoms with van der Waals surface area (Å²) in [7, 11) is 0. The van der Waals surface area contributed by atoms with Crippen molar-refractivity contribution >= 4 is 103 Å². The Kier molecular flexibility index (Phi) is 5.19. The first-order valence-electron chi connectivity index (χ1n) is 15.3. The lowest BCUT2D eigenvalue weighted by molar-refractivity contribution is 0.669. The number of rotatable bonds is 3. The third-order valence-corrected chi connectivity index (χ3v) is 10.4. The smallest absolute Gasteiger partial charge is 0.135 e. The van der Waals surface area contributed by atoms with Gasteiger partial charge in [0.2, 0.25) is 0 Å². The molecular weight excluding hydrogens is 567 g/mol. The molecule has 0 saturated heterocycles. The number of furan rings is 1. The summed E-state index contributed by atoms with van der Waals surface area (Å²) in [6, 6.07) is 55.0. The molecule has 0 aliphatic carbocycles. The minimum atomic E-state index is 0.899. The highest BCUT2D eigenvalue weighted by Crippen LogP contribution is 2.43. The second-order valence-corrected chi connectivity index (χ2v) is 12.8. The van der Waals surface area contributed by atoms with Gasteiger partial charge >= 0.3 is 0 Å². The Balaban J connectivity index is 1.25. The van der Waals surface area contributed by atoms with E-state index in [0.717, 1.165) is 39.0 Å². The van der Waals surface area contributed by atoms with Crippen LogP contribution < -0.4 is 4.90 Å². The van der Waals surface area contributed by atoms with Gasteiger partial charge in [-0.1, -0.05) is 91.0 Å². The summed E-state index contributed by atoms with van der Waals surface area (Å²) >= 11 is 1.85. The molecule has 0 bridgehead atoms. The quantitative estimate of drug-likeness (QED) is 0.190. The van der Waals surface area contributed by atoms with Crippen LogP contribution in [0.2, 0.25) is 0 Å². The maximum atomic E-state index is 6.22. The van der Waals surface area contributed by atoms with Crippen LogP contribution in [0.3, 0.4) is 0 Å². The van der Waals surface area contributed by atoms with Gasteiger partial charge in [-0.15, -0.1) is 11.3 Å². The van der Waals surface area contributed by atoms with Crippen LogP contribution in [-0.2, 0) is 0 Å². The maximum absolute atomic E-state index is 6.22. The standard InChI is InChI=1S/C42H25NOS/c1-2-8-31-26(7-1)14-20-33-32(31)19-15-27-13-16-28(23-36(27)33)43(29-17-21-40-37(24-29)34-9-3-5-11-39(34)44-40)30-18-22-42-38(25-30)35-10-4-6-12-41(35)45-42/h1-25H. The van der Waals surface area contributed by atoms with Crippen LogP contribution >= 0.6 is 11.3 Å². The van der Waals surface area contributed by atoms with Gasteiger partial charge in [-0.25, -0.2) is 0 Å². The second kappa shape index (κ2) is 9.43. The molecule has 0 amide bonds. The van der Waals surface area contributed by atoms with Gasteiger partial charge in [-0.05, 0) is 93.0 Å². The largest absolute Gasteiger partial charge is 0.456 e. The molecule has 0 atom stereocenters. The van der Waals surface area contributed by atoms with E-state index >= 15 is 0 Å². The summed E-state index contributed by atoms with van der Waals surface area (Å²) < 4.78 is 8.83. The van der Waals surface area contributed by atoms with E-state index < -0.39 is 0 Å². The number of benzene rings is 8. The molecule has 2 nitrogen and oxygen atoms in total. The van der Waals surface area contributed by atoms with Crippen molar-refractivity contribution in [3.8, 4) is 0 Å². The Bertz CT molecular complexity index is 2670. The van der Waals surface area contributed by atoms with E-state index in [1.54, 1.807) is 0 Å². The van der Waals surface area contributed by atoms with Crippen molar-refractivity contribution in [1.29, 1.82) is 0 Å². The molecule has 8 aromatic carbocycles. The molecule has 0 aliphatic heterocycles. The van der Waals surface area contributed by atoms with Crippen molar-refractivity contribution in [3.05, 3.63) is 152 Å². The minimum absolute atomic E-state index is 0.899. The Hall–Kier alpha value is -5.64. The van der Waals surface area contributed by atoms with Crippen LogP contribution in [0.1, 0.15) is 0 Å². The van der Waals surface area contributed by atoms with Crippen LogP contribution in [-0.4, -0.2) is 0 Å². The van der Waals surface area contributed by atoms with Crippen molar-refractivity contribution in [1.82, 2.24) is 0 Å². The first kappa shape index (κ1) is 24.8. The van der Waals surface area contributed by atoms with Crippen LogP contribution in [0.15, 0.2) is 156 Å². The molecule has 2 aromatic heterocycles. The molecular formula is C42H25NOS. The number of hydrogen-bond donors (Lipinski definition) is 0. The highest BCUT2D eigenvalue weighted by molar-refractivity contribution is 7.25. The van der Waals surface area contributed by atoms with Crippen molar-refractivity contribution in [2.75, 3.05) is 4.90 Å². The van der Waals surface area contributed by atoms with Crippen molar-refractivity contribution in [3.63, 3.8) is 0 Å². The zero-order valence-electron chi connectivity index (χ0n) is 24.2. The Labute approximate surface area is 263 Å². The van der Waals surface area contributed by atoms with Gasteiger partial charge in [-0.2, -0.15) is 0 Å². The topological polar surface area (TPSA) is 16.4 Å². The van der Waals surface area contributed by atoms with Gasteiger partial charge in [0.15, 0.2) is 0 Å². The van der Waals surface area contributed by atoms with E-state index in [0.29, 0.717) is 0 Å². The molecule has 210 valence electrons. The van der Waals surface area contributed by atoms with Gasteiger partial charge in [-0.3, -0.25) is 0 Å². The molecule has 2 heterocycles. The highest BCUT2D eigenvalue weighted by Gasteiger charge is 2.18. The number of thiophene rings is 1. The van der Waals surface area contributed by atoms with E-state index in [2.05, 4.69) is 144 Å². The summed E-state index contributed by atoms with van der Waals surface area (Å²) in [4.78, 5) is 2.40. The fourth-order valence-corrected chi connectivity index (χ4v) is 8.19. The fraction of sp³-hybridized carbons (Fsp3) is 0. The van der Waals surface area contributed by atoms with E-state index in [-0.39, 0.29) is 0 Å². The molecule has 3 heteroatoms. The van der Waals surface area contributed by atoms with Gasteiger partial charge in [0.05, 0.1) is 0 Å². The lowest BCUT2D eigenvalue weighted by atomic mass is 9.96. The number of nitrogens with zero attached hydrogens (tertiary/aromatic N) is 1. The Morgan fingerprint density at radius 3 is 1.78 bits per heavy atom. The summed E-state index contributed by atoms with van der Waals surface area (Å²) in [5, 5.41) is 12.4. The van der Waals surface area contributed by atoms with Crippen molar-refractivity contribution in [2.45, 2.75) is 0 Å². The number of anilines is 3. The third kappa shape index (κ3) is 3.75. The Morgan fingerprint density at radius 2 is 0.911 bits per heavy atom. The summed E-state index contributed by atoms with van der Waals surface area (Å²) in [5.74, 6) is 0. The molecule has 45 heavy (non-hydrogen) atoms. The van der Waals surface area contributed by atoms with E-state index in [9.17, 15) is 0 Å². The molecule has 10 aromatic rings. The van der Waals surface area contributed by atoms with E-state index in [4.69, 9.17) is 4.42 Å². The molecule has 0 spiro atoms. The predicted molar refractivity (Wildman–Crippen MR) is 194 cm³/mol. The number of hydrogen-bond acceptors (Lipinski definition) is 3. The van der Waals surface area contributed by atoms with Crippen molar-refractivity contribution < 1.29 is 4.42 Å². The van der Waals surface area contributed by atoms with Gasteiger partial charge in [0.25, 0.3) is 0 Å². The van der Waals surface area contributed by atoms with E-state index in [1.807, 2.05) is 23.5 Å². The van der Waals surface area contributed by atoms with Gasteiger partial charge in [0.1, 0.15) is 11.2 Å². The molecule has 0 aliphatic rings. The Morgan fingerprint density at radius 1 is 0.356 bits per heavy atom. The molecule has 0 N–H and O–H groups in total. The summed E-state index contributed by atoms with van der Waals surface area (Å²) in [6.45, 7) is 0. The monoisotopic (exact) mass is 591 g/mol. The van der Waals surface area contributed by atoms with Gasteiger partial charge < -0.3 is 9.32 Å². The minimum Gasteiger partial charge on any atom is -0.456 e. The zero-order valence-corrected chi connectivity index (χ0v) is 25.0. The third-order valence-electron chi connectivity index (χ3n) is 9.22. The van der Waals surface area contributed by atoms with Crippen molar-refractivity contribution in [2.24, 2.45) is 0 Å². The van der Waals surface area contributed by atoms with Crippen LogP contribution in [0.5, 0.6) is 0 Å². The molecule has 0 radical (unpaired) electrons. The lowest BCUT2D eigenvalue weighted by Gasteiger charge is -2.26. The first-order valence-corrected chi connectivity index (χ1v) is 16.1. The summed E-state index contributed by atoms with van der Waals surface area (Å²) in [5.41, 5.74) is 5.15. The molecule has 0 unspecified atom stereocenters. The number of fused-ring (bicyclic) bond motifs is 11. The molecule has 0 saturated carbocycles. The van der Waals surface area contributed by atoms with Crippen LogP contribution in [0.4, 0.5) is 17.1 Å². The highest BCUT2D eigenvalue weighted by atomic mass is 32.1. The number of para-hydroxylation sites is 1. The second-order valence-electron chi connectivity index (χ2n) is 11.7.